The van der Waals surface area contributed by atoms with Crippen LogP contribution in [0.15, 0.2) is 66.9 Å². The van der Waals surface area contributed by atoms with Gasteiger partial charge in [0, 0.05) is 23.3 Å². The van der Waals surface area contributed by atoms with Crippen molar-refractivity contribution >= 4 is 22.5 Å². The van der Waals surface area contributed by atoms with Crippen LogP contribution >= 0.6 is 0 Å². The zero-order valence-corrected chi connectivity index (χ0v) is 16.6. The fourth-order valence-electron chi connectivity index (χ4n) is 2.99. The van der Waals surface area contributed by atoms with Crippen molar-refractivity contribution in [3.8, 4) is 11.5 Å². The minimum Gasteiger partial charge on any atom is -0.493 e. The predicted octanol–water partition coefficient (Wildman–Crippen LogP) is 4.17. The van der Waals surface area contributed by atoms with Crippen LogP contribution < -0.4 is 14.8 Å². The number of hydrogen-bond acceptors (Lipinski definition) is 6. The summed E-state index contributed by atoms with van der Waals surface area (Å²) in [5, 5.41) is 3.89. The number of ether oxygens (including phenoxy) is 2. The standard InChI is InChI=1S/C23H20N4O3/c1-15-24-12-11-20(25-15)23(28)27-17-9-10-21(29-2)22(13-17)30-14-18-8-7-16-5-3-4-6-19(16)26-18/h3-13H,14H2,1-2H3,(H,27,28). The van der Waals surface area contributed by atoms with Gasteiger partial charge < -0.3 is 14.8 Å². The van der Waals surface area contributed by atoms with E-state index in [4.69, 9.17) is 9.47 Å². The Morgan fingerprint density at radius 2 is 1.87 bits per heavy atom. The molecule has 4 rings (SSSR count). The summed E-state index contributed by atoms with van der Waals surface area (Å²) in [4.78, 5) is 25.2. The molecule has 0 bridgehead atoms. The van der Waals surface area contributed by atoms with Crippen LogP contribution in [0.3, 0.4) is 0 Å². The van der Waals surface area contributed by atoms with Crippen molar-refractivity contribution in [2.45, 2.75) is 13.5 Å². The molecule has 0 spiro atoms. The van der Waals surface area contributed by atoms with Gasteiger partial charge in [-0.25, -0.2) is 15.0 Å². The number of aromatic nitrogens is 3. The second kappa shape index (κ2) is 8.57. The van der Waals surface area contributed by atoms with Gasteiger partial charge in [-0.15, -0.1) is 0 Å². The van der Waals surface area contributed by atoms with E-state index in [1.165, 1.54) is 0 Å². The normalized spacial score (nSPS) is 10.6. The van der Waals surface area contributed by atoms with Gasteiger partial charge in [0.1, 0.15) is 18.1 Å². The zero-order chi connectivity index (χ0) is 20.9. The second-order valence-corrected chi connectivity index (χ2v) is 6.59. The lowest BCUT2D eigenvalue weighted by atomic mass is 10.2. The minimum absolute atomic E-state index is 0.268. The summed E-state index contributed by atoms with van der Waals surface area (Å²) in [7, 11) is 1.57. The molecule has 0 unspecified atom stereocenters. The zero-order valence-electron chi connectivity index (χ0n) is 16.6. The van der Waals surface area contributed by atoms with Crippen LogP contribution in [0.25, 0.3) is 10.9 Å². The molecule has 7 nitrogen and oxygen atoms in total. The number of methoxy groups -OCH3 is 1. The maximum atomic E-state index is 12.5. The molecule has 7 heteroatoms. The van der Waals surface area contributed by atoms with Crippen molar-refractivity contribution in [1.29, 1.82) is 0 Å². The Morgan fingerprint density at radius 1 is 1.00 bits per heavy atom. The van der Waals surface area contributed by atoms with Gasteiger partial charge in [-0.1, -0.05) is 24.3 Å². The molecule has 0 radical (unpaired) electrons. The Balaban J connectivity index is 1.51. The molecule has 0 atom stereocenters. The van der Waals surface area contributed by atoms with Gasteiger partial charge in [-0.2, -0.15) is 0 Å². The highest BCUT2D eigenvalue weighted by atomic mass is 16.5. The highest BCUT2D eigenvalue weighted by Gasteiger charge is 2.12. The van der Waals surface area contributed by atoms with Crippen molar-refractivity contribution in [2.75, 3.05) is 12.4 Å². The Bertz CT molecular complexity index is 1210. The van der Waals surface area contributed by atoms with Gasteiger partial charge in [-0.05, 0) is 37.3 Å². The van der Waals surface area contributed by atoms with Gasteiger partial charge in [0.2, 0.25) is 0 Å². The van der Waals surface area contributed by atoms with Gasteiger partial charge in [0.05, 0.1) is 18.3 Å². The fourth-order valence-corrected chi connectivity index (χ4v) is 2.99. The number of hydrogen-bond donors (Lipinski definition) is 1. The Labute approximate surface area is 173 Å². The third-order valence-corrected chi connectivity index (χ3v) is 4.46. The van der Waals surface area contributed by atoms with E-state index in [1.54, 1.807) is 44.5 Å². The number of pyridine rings is 1. The molecule has 0 saturated heterocycles. The number of fused-ring (bicyclic) bond motifs is 1. The van der Waals surface area contributed by atoms with E-state index in [0.29, 0.717) is 28.7 Å². The van der Waals surface area contributed by atoms with Crippen LogP contribution in [0.2, 0.25) is 0 Å². The van der Waals surface area contributed by atoms with Crippen LogP contribution in [-0.4, -0.2) is 28.0 Å². The van der Waals surface area contributed by atoms with E-state index >= 15 is 0 Å². The highest BCUT2D eigenvalue weighted by Crippen LogP contribution is 2.31. The summed E-state index contributed by atoms with van der Waals surface area (Å²) in [5.74, 6) is 1.27. The Kier molecular flexibility index (Phi) is 5.52. The van der Waals surface area contributed by atoms with E-state index < -0.39 is 0 Å². The summed E-state index contributed by atoms with van der Waals surface area (Å²) < 4.78 is 11.3. The molecule has 2 aromatic heterocycles. The topological polar surface area (TPSA) is 86.2 Å². The molecule has 2 heterocycles. The lowest BCUT2D eigenvalue weighted by Gasteiger charge is -2.13. The molecule has 0 aliphatic carbocycles. The molecule has 0 aliphatic rings. The number of aryl methyl sites for hydroxylation is 1. The van der Waals surface area contributed by atoms with E-state index in [-0.39, 0.29) is 12.5 Å². The van der Waals surface area contributed by atoms with Gasteiger partial charge in [0.25, 0.3) is 5.91 Å². The number of rotatable bonds is 6. The number of nitrogens with one attached hydrogen (secondary N) is 1. The van der Waals surface area contributed by atoms with E-state index in [0.717, 1.165) is 16.6 Å². The summed E-state index contributed by atoms with van der Waals surface area (Å²) >= 11 is 0. The Hall–Kier alpha value is -4.00. The average Bonchev–Trinajstić information content (AvgIpc) is 2.77. The summed E-state index contributed by atoms with van der Waals surface area (Å²) in [6, 6.07) is 18.6. The van der Waals surface area contributed by atoms with Crippen LogP contribution in [0.1, 0.15) is 22.0 Å². The number of benzene rings is 2. The van der Waals surface area contributed by atoms with Gasteiger partial charge in [0.15, 0.2) is 11.5 Å². The number of carbonyl (C=O) groups excluding carboxylic acids is 1. The number of amides is 1. The summed E-state index contributed by atoms with van der Waals surface area (Å²) in [5.41, 5.74) is 2.56. The van der Waals surface area contributed by atoms with Crippen molar-refractivity contribution in [2.24, 2.45) is 0 Å². The Morgan fingerprint density at radius 3 is 2.70 bits per heavy atom. The monoisotopic (exact) mass is 400 g/mol. The van der Waals surface area contributed by atoms with Crippen LogP contribution in [0.4, 0.5) is 5.69 Å². The average molecular weight is 400 g/mol. The molecule has 1 N–H and O–H groups in total. The maximum Gasteiger partial charge on any atom is 0.274 e. The quantitative estimate of drug-likeness (QED) is 0.523. The summed E-state index contributed by atoms with van der Waals surface area (Å²) in [6.45, 7) is 2.00. The van der Waals surface area contributed by atoms with Crippen LogP contribution in [-0.2, 0) is 6.61 Å². The predicted molar refractivity (Wildman–Crippen MR) is 114 cm³/mol. The smallest absolute Gasteiger partial charge is 0.274 e. The highest BCUT2D eigenvalue weighted by molar-refractivity contribution is 6.02. The van der Waals surface area contributed by atoms with E-state index in [2.05, 4.69) is 20.3 Å². The molecule has 2 aromatic carbocycles. The molecule has 1 amide bonds. The second-order valence-electron chi connectivity index (χ2n) is 6.59. The van der Waals surface area contributed by atoms with E-state index in [1.807, 2.05) is 36.4 Å². The molecular weight excluding hydrogens is 380 g/mol. The molecule has 0 aliphatic heterocycles. The number of carbonyl (C=O) groups is 1. The van der Waals surface area contributed by atoms with Crippen molar-refractivity contribution in [3.05, 3.63) is 84.1 Å². The van der Waals surface area contributed by atoms with Crippen LogP contribution in [0.5, 0.6) is 11.5 Å². The SMILES string of the molecule is COc1ccc(NC(=O)c2ccnc(C)n2)cc1OCc1ccc2ccccc2n1. The van der Waals surface area contributed by atoms with Crippen LogP contribution in [0, 0.1) is 6.92 Å². The van der Waals surface area contributed by atoms with E-state index in [9.17, 15) is 4.79 Å². The first-order chi connectivity index (χ1) is 14.6. The third kappa shape index (κ3) is 4.35. The van der Waals surface area contributed by atoms with Crippen molar-refractivity contribution in [3.63, 3.8) is 0 Å². The molecular formula is C23H20N4O3. The largest absolute Gasteiger partial charge is 0.493 e. The van der Waals surface area contributed by atoms with Crippen molar-refractivity contribution < 1.29 is 14.3 Å². The first-order valence-electron chi connectivity index (χ1n) is 9.39. The van der Waals surface area contributed by atoms with Crippen molar-refractivity contribution in [1.82, 2.24) is 15.0 Å². The molecule has 150 valence electrons. The van der Waals surface area contributed by atoms with Gasteiger partial charge >= 0.3 is 0 Å². The fraction of sp³-hybridized carbons (Fsp3) is 0.130. The molecule has 0 saturated carbocycles. The minimum atomic E-state index is -0.326. The third-order valence-electron chi connectivity index (χ3n) is 4.46. The summed E-state index contributed by atoms with van der Waals surface area (Å²) in [6.07, 6.45) is 1.55. The lowest BCUT2D eigenvalue weighted by molar-refractivity contribution is 0.102. The first kappa shape index (κ1) is 19.3. The lowest BCUT2D eigenvalue weighted by Crippen LogP contribution is -2.14. The molecule has 4 aromatic rings. The number of para-hydroxylation sites is 1. The number of nitrogens with zero attached hydrogens (tertiary/aromatic N) is 3. The van der Waals surface area contributed by atoms with Gasteiger partial charge in [-0.3, -0.25) is 4.79 Å². The first-order valence-corrected chi connectivity index (χ1v) is 9.39. The molecule has 0 fully saturated rings. The number of anilines is 1. The maximum absolute atomic E-state index is 12.5. The molecule has 30 heavy (non-hydrogen) atoms.